The van der Waals surface area contributed by atoms with Crippen LogP contribution in [0.3, 0.4) is 0 Å². The summed E-state index contributed by atoms with van der Waals surface area (Å²) >= 11 is 6.13. The minimum atomic E-state index is -0.932. The Hall–Kier alpha value is -3.98. The fourth-order valence-corrected chi connectivity index (χ4v) is 3.44. The van der Waals surface area contributed by atoms with Gasteiger partial charge in [-0.25, -0.2) is 9.69 Å². The number of barbiturate groups is 1. The van der Waals surface area contributed by atoms with Gasteiger partial charge in [0.25, 0.3) is 11.8 Å². The van der Waals surface area contributed by atoms with E-state index in [0.717, 1.165) is 4.90 Å². The molecule has 1 saturated heterocycles. The average Bonchev–Trinajstić information content (AvgIpc) is 2.81. The van der Waals surface area contributed by atoms with Crippen molar-refractivity contribution in [2.24, 2.45) is 0 Å². The molecule has 2 aromatic carbocycles. The number of ether oxygens (including phenoxy) is 4. The summed E-state index contributed by atoms with van der Waals surface area (Å²) in [6.45, 7) is 6.09. The van der Waals surface area contributed by atoms with Crippen LogP contribution >= 0.6 is 11.6 Å². The highest BCUT2D eigenvalue weighted by Crippen LogP contribution is 2.39. The number of hydrogen-bond donors (Lipinski definition) is 1. The third kappa shape index (κ3) is 4.99. The van der Waals surface area contributed by atoms with Crippen molar-refractivity contribution in [2.75, 3.05) is 32.3 Å². The lowest BCUT2D eigenvalue weighted by atomic mass is 10.1. The summed E-state index contributed by atoms with van der Waals surface area (Å²) in [5.74, 6) is -0.405. The van der Waals surface area contributed by atoms with Crippen LogP contribution in [-0.2, 0) is 9.59 Å². The van der Waals surface area contributed by atoms with Crippen molar-refractivity contribution in [3.63, 3.8) is 0 Å². The summed E-state index contributed by atoms with van der Waals surface area (Å²) in [4.78, 5) is 39.3. The Balaban J connectivity index is 2.05. The lowest BCUT2D eigenvalue weighted by Crippen LogP contribution is -2.54. The fraction of sp³-hybridized carbons (Fsp3) is 0.208. The number of urea groups is 1. The molecule has 0 unspecified atom stereocenters. The van der Waals surface area contributed by atoms with Crippen LogP contribution in [0.4, 0.5) is 10.5 Å². The Kier molecular flexibility index (Phi) is 7.80. The first-order chi connectivity index (χ1) is 16.3. The molecule has 0 spiro atoms. The van der Waals surface area contributed by atoms with Gasteiger partial charge in [0.2, 0.25) is 0 Å². The Morgan fingerprint density at radius 2 is 1.74 bits per heavy atom. The van der Waals surface area contributed by atoms with Crippen LogP contribution in [0.25, 0.3) is 6.08 Å². The SMILES string of the molecule is C=CCOc1ccc(/C=C2/C(=O)NC(=O)N(c3cc(OC)c(Cl)cc3OC)C2=O)cc1OCC. The second-order valence-corrected chi connectivity index (χ2v) is 7.26. The average molecular weight is 487 g/mol. The quantitative estimate of drug-likeness (QED) is 0.325. The van der Waals surface area contributed by atoms with Crippen LogP contribution in [-0.4, -0.2) is 45.3 Å². The number of nitrogens with one attached hydrogen (secondary N) is 1. The molecule has 0 saturated carbocycles. The Labute approximate surface area is 201 Å². The summed E-state index contributed by atoms with van der Waals surface area (Å²) in [6.07, 6.45) is 2.96. The minimum absolute atomic E-state index is 0.0628. The molecule has 3 rings (SSSR count). The maximum Gasteiger partial charge on any atom is 0.336 e. The zero-order valence-electron chi connectivity index (χ0n) is 18.8. The highest BCUT2D eigenvalue weighted by molar-refractivity contribution is 6.39. The van der Waals surface area contributed by atoms with Gasteiger partial charge in [-0.3, -0.25) is 14.9 Å². The van der Waals surface area contributed by atoms with Crippen molar-refractivity contribution in [1.29, 1.82) is 0 Å². The number of anilines is 1. The van der Waals surface area contributed by atoms with Crippen molar-refractivity contribution < 1.29 is 33.3 Å². The van der Waals surface area contributed by atoms with Gasteiger partial charge in [-0.15, -0.1) is 0 Å². The predicted molar refractivity (Wildman–Crippen MR) is 127 cm³/mol. The highest BCUT2D eigenvalue weighted by Gasteiger charge is 2.38. The Morgan fingerprint density at radius 3 is 2.38 bits per heavy atom. The van der Waals surface area contributed by atoms with Gasteiger partial charge in [-0.1, -0.05) is 30.3 Å². The van der Waals surface area contributed by atoms with Gasteiger partial charge in [-0.05, 0) is 30.7 Å². The third-order valence-electron chi connectivity index (χ3n) is 4.73. The molecule has 0 bridgehead atoms. The number of benzene rings is 2. The molecule has 1 aliphatic heterocycles. The van der Waals surface area contributed by atoms with Crippen molar-refractivity contribution in [1.82, 2.24) is 5.32 Å². The summed E-state index contributed by atoms with van der Waals surface area (Å²) in [5.41, 5.74) is 0.286. The van der Waals surface area contributed by atoms with Crippen molar-refractivity contribution in [2.45, 2.75) is 6.92 Å². The van der Waals surface area contributed by atoms with Gasteiger partial charge in [0, 0.05) is 12.1 Å². The van der Waals surface area contributed by atoms with E-state index in [1.54, 1.807) is 24.3 Å². The number of rotatable bonds is 9. The van der Waals surface area contributed by atoms with E-state index in [1.807, 2.05) is 6.92 Å². The van der Waals surface area contributed by atoms with Crippen molar-refractivity contribution in [3.8, 4) is 23.0 Å². The summed E-state index contributed by atoms with van der Waals surface area (Å²) in [7, 11) is 2.75. The largest absolute Gasteiger partial charge is 0.495 e. The zero-order chi connectivity index (χ0) is 24.8. The number of carbonyl (C=O) groups is 3. The van der Waals surface area contributed by atoms with E-state index in [9.17, 15) is 14.4 Å². The van der Waals surface area contributed by atoms with E-state index < -0.39 is 17.8 Å². The van der Waals surface area contributed by atoms with Crippen molar-refractivity contribution in [3.05, 3.63) is 59.1 Å². The molecule has 0 radical (unpaired) electrons. The second kappa shape index (κ2) is 10.8. The van der Waals surface area contributed by atoms with Gasteiger partial charge in [0.1, 0.15) is 23.7 Å². The van der Waals surface area contributed by atoms with Gasteiger partial charge in [-0.2, -0.15) is 0 Å². The zero-order valence-corrected chi connectivity index (χ0v) is 19.6. The molecule has 1 N–H and O–H groups in total. The first-order valence-electron chi connectivity index (χ1n) is 10.2. The molecule has 2 aromatic rings. The van der Waals surface area contributed by atoms with Crippen LogP contribution in [0.1, 0.15) is 12.5 Å². The monoisotopic (exact) mass is 486 g/mol. The summed E-state index contributed by atoms with van der Waals surface area (Å²) < 4.78 is 21.7. The van der Waals surface area contributed by atoms with Gasteiger partial charge >= 0.3 is 6.03 Å². The fourth-order valence-electron chi connectivity index (χ4n) is 3.21. The molecule has 10 heteroatoms. The number of nitrogens with zero attached hydrogens (tertiary/aromatic N) is 1. The molecule has 9 nitrogen and oxygen atoms in total. The standard InChI is InChI=1S/C24H23ClN2O7/c1-5-9-34-18-8-7-14(11-21(18)33-6-2)10-15-22(28)26-24(30)27(23(15)29)17-13-19(31-3)16(25)12-20(17)32-4/h5,7-8,10-13H,1,6,9H2,2-4H3,(H,26,28,30)/b15-10-. The smallest absolute Gasteiger partial charge is 0.336 e. The molecule has 4 amide bonds. The van der Waals surface area contributed by atoms with Gasteiger partial charge in [0.05, 0.1) is 31.5 Å². The molecule has 34 heavy (non-hydrogen) atoms. The molecule has 1 fully saturated rings. The molecular formula is C24H23ClN2O7. The Bertz CT molecular complexity index is 1180. The molecule has 1 aliphatic rings. The van der Waals surface area contributed by atoms with Crippen molar-refractivity contribution >= 4 is 41.2 Å². The molecule has 0 aromatic heterocycles. The van der Waals surface area contributed by atoms with E-state index in [2.05, 4.69) is 11.9 Å². The molecule has 0 atom stereocenters. The van der Waals surface area contributed by atoms with E-state index >= 15 is 0 Å². The predicted octanol–water partition coefficient (Wildman–Crippen LogP) is 3.99. The third-order valence-corrected chi connectivity index (χ3v) is 5.03. The van der Waals surface area contributed by atoms with E-state index in [-0.39, 0.29) is 34.4 Å². The number of methoxy groups -OCH3 is 2. The van der Waals surface area contributed by atoms with E-state index in [4.69, 9.17) is 30.5 Å². The number of amides is 4. The van der Waals surface area contributed by atoms with Crippen LogP contribution in [0.15, 0.2) is 48.6 Å². The topological polar surface area (TPSA) is 103 Å². The van der Waals surface area contributed by atoms with Crippen LogP contribution in [0.5, 0.6) is 23.0 Å². The number of halogens is 1. The highest BCUT2D eigenvalue weighted by atomic mass is 35.5. The minimum Gasteiger partial charge on any atom is -0.495 e. The molecule has 178 valence electrons. The van der Waals surface area contributed by atoms with Crippen LogP contribution in [0, 0.1) is 0 Å². The van der Waals surface area contributed by atoms with Crippen LogP contribution in [0.2, 0.25) is 5.02 Å². The molecular weight excluding hydrogens is 464 g/mol. The Morgan fingerprint density at radius 1 is 1.00 bits per heavy atom. The lowest BCUT2D eigenvalue weighted by Gasteiger charge is -2.28. The first kappa shape index (κ1) is 24.7. The van der Waals surface area contributed by atoms with Gasteiger partial charge in [0.15, 0.2) is 11.5 Å². The normalized spacial score (nSPS) is 14.6. The van der Waals surface area contributed by atoms with Gasteiger partial charge < -0.3 is 18.9 Å². The van der Waals surface area contributed by atoms with E-state index in [0.29, 0.717) is 23.7 Å². The summed E-state index contributed by atoms with van der Waals surface area (Å²) in [5, 5.41) is 2.40. The number of carbonyl (C=O) groups excluding carboxylic acids is 3. The van der Waals surface area contributed by atoms with Crippen LogP contribution < -0.4 is 29.2 Å². The molecule has 0 aliphatic carbocycles. The number of hydrogen-bond acceptors (Lipinski definition) is 7. The maximum atomic E-state index is 13.3. The second-order valence-electron chi connectivity index (χ2n) is 6.86. The number of imide groups is 2. The lowest BCUT2D eigenvalue weighted by molar-refractivity contribution is -0.122. The first-order valence-corrected chi connectivity index (χ1v) is 10.6. The summed E-state index contributed by atoms with van der Waals surface area (Å²) in [6, 6.07) is 6.79. The molecule has 1 heterocycles. The maximum absolute atomic E-state index is 13.3. The van der Waals surface area contributed by atoms with E-state index in [1.165, 1.54) is 32.4 Å².